The quantitative estimate of drug-likeness (QED) is 0.632. The summed E-state index contributed by atoms with van der Waals surface area (Å²) in [6, 6.07) is 27.3. The van der Waals surface area contributed by atoms with Crippen LogP contribution < -0.4 is 9.64 Å². The van der Waals surface area contributed by atoms with Crippen molar-refractivity contribution in [1.29, 1.82) is 0 Å². The lowest BCUT2D eigenvalue weighted by molar-refractivity contribution is -0.115. The van der Waals surface area contributed by atoms with Crippen LogP contribution in [0.5, 0.6) is 5.75 Å². The molecule has 4 nitrogen and oxygen atoms in total. The number of methoxy groups -OCH3 is 1. The van der Waals surface area contributed by atoms with Crippen molar-refractivity contribution in [3.63, 3.8) is 0 Å². The summed E-state index contributed by atoms with van der Waals surface area (Å²) in [6.07, 6.45) is 1.17. The van der Waals surface area contributed by atoms with E-state index in [4.69, 9.17) is 9.47 Å². The van der Waals surface area contributed by atoms with Gasteiger partial charge in [-0.3, -0.25) is 9.69 Å². The summed E-state index contributed by atoms with van der Waals surface area (Å²) in [7, 11) is 1.62. The van der Waals surface area contributed by atoms with Crippen LogP contribution in [0.3, 0.4) is 0 Å². The van der Waals surface area contributed by atoms with Crippen molar-refractivity contribution < 1.29 is 14.3 Å². The smallest absolute Gasteiger partial charge is 0.253 e. The Morgan fingerprint density at radius 2 is 1.50 bits per heavy atom. The molecule has 0 saturated carbocycles. The molecule has 0 radical (unpaired) electrons. The van der Waals surface area contributed by atoms with E-state index in [0.29, 0.717) is 6.61 Å². The number of anilines is 1. The minimum Gasteiger partial charge on any atom is -0.497 e. The molecule has 0 saturated heterocycles. The molecule has 0 aliphatic carbocycles. The van der Waals surface area contributed by atoms with Gasteiger partial charge in [0.1, 0.15) is 5.75 Å². The van der Waals surface area contributed by atoms with E-state index in [1.54, 1.807) is 18.1 Å². The van der Waals surface area contributed by atoms with Gasteiger partial charge in [-0.05, 0) is 35.4 Å². The summed E-state index contributed by atoms with van der Waals surface area (Å²) >= 11 is 0. The zero-order valence-corrected chi connectivity index (χ0v) is 15.6. The van der Waals surface area contributed by atoms with Gasteiger partial charge < -0.3 is 9.47 Å². The molecule has 3 aromatic rings. The van der Waals surface area contributed by atoms with Crippen LogP contribution in [0, 0.1) is 0 Å². The zero-order valence-electron chi connectivity index (χ0n) is 15.6. The second kappa shape index (κ2) is 8.11. The topological polar surface area (TPSA) is 38.8 Å². The van der Waals surface area contributed by atoms with Gasteiger partial charge >= 0.3 is 0 Å². The van der Waals surface area contributed by atoms with Gasteiger partial charge in [0.25, 0.3) is 5.91 Å². The van der Waals surface area contributed by atoms with Gasteiger partial charge in [0.15, 0.2) is 6.23 Å². The molecule has 28 heavy (non-hydrogen) atoms. The monoisotopic (exact) mass is 371 g/mol. The summed E-state index contributed by atoms with van der Waals surface area (Å²) in [5.74, 6) is 0.649. The highest BCUT2D eigenvalue weighted by molar-refractivity contribution is 6.12. The molecule has 3 aromatic carbocycles. The first-order valence-electron chi connectivity index (χ1n) is 9.16. The second-order valence-electron chi connectivity index (χ2n) is 6.52. The largest absolute Gasteiger partial charge is 0.497 e. The van der Waals surface area contributed by atoms with Crippen molar-refractivity contribution in [2.75, 3.05) is 12.0 Å². The van der Waals surface area contributed by atoms with Gasteiger partial charge in [-0.2, -0.15) is 0 Å². The third kappa shape index (κ3) is 3.68. The van der Waals surface area contributed by atoms with E-state index in [1.807, 2.05) is 84.9 Å². The van der Waals surface area contributed by atoms with Gasteiger partial charge in [-0.1, -0.05) is 60.7 Å². The fourth-order valence-electron chi connectivity index (χ4n) is 3.30. The summed E-state index contributed by atoms with van der Waals surface area (Å²) < 4.78 is 11.5. The van der Waals surface area contributed by atoms with Crippen molar-refractivity contribution >= 4 is 17.2 Å². The van der Waals surface area contributed by atoms with Crippen LogP contribution in [0.1, 0.15) is 11.1 Å². The van der Waals surface area contributed by atoms with Crippen molar-refractivity contribution in [3.8, 4) is 5.75 Å². The van der Waals surface area contributed by atoms with Gasteiger partial charge in [-0.15, -0.1) is 0 Å². The zero-order chi connectivity index (χ0) is 19.3. The van der Waals surface area contributed by atoms with Crippen LogP contribution in [0.25, 0.3) is 5.57 Å². The first-order chi connectivity index (χ1) is 13.8. The lowest BCUT2D eigenvalue weighted by Crippen LogP contribution is -2.37. The van der Waals surface area contributed by atoms with Crippen LogP contribution in [0.15, 0.2) is 91.0 Å². The number of amides is 1. The van der Waals surface area contributed by atoms with Gasteiger partial charge in [0, 0.05) is 17.3 Å². The summed E-state index contributed by atoms with van der Waals surface area (Å²) in [5, 5.41) is 0. The molecule has 1 aliphatic heterocycles. The Kier molecular flexibility index (Phi) is 5.22. The molecule has 1 aliphatic rings. The first-order valence-corrected chi connectivity index (χ1v) is 9.16. The molecule has 0 aromatic heterocycles. The first kappa shape index (κ1) is 18.0. The Morgan fingerprint density at radius 1 is 0.857 bits per heavy atom. The Labute approximate surface area is 164 Å². The summed E-state index contributed by atoms with van der Waals surface area (Å²) in [4.78, 5) is 14.6. The molecule has 4 rings (SSSR count). The number of benzene rings is 3. The average molecular weight is 371 g/mol. The maximum absolute atomic E-state index is 12.9. The lowest BCUT2D eigenvalue weighted by atomic mass is 10.1. The lowest BCUT2D eigenvalue weighted by Gasteiger charge is -2.28. The molecule has 0 fully saturated rings. The molecule has 0 bridgehead atoms. The Bertz CT molecular complexity index is 966. The van der Waals surface area contributed by atoms with Crippen molar-refractivity contribution in [3.05, 3.63) is 102 Å². The Morgan fingerprint density at radius 3 is 2.14 bits per heavy atom. The molecule has 4 heteroatoms. The summed E-state index contributed by atoms with van der Waals surface area (Å²) in [6.45, 7) is 0.412. The molecule has 1 unspecified atom stereocenters. The standard InChI is InChI=1S/C24H21NO3/c1-27-21-14-12-20(13-15-21)25-23(26)16-22(19-10-6-3-7-11-19)24(25)28-17-18-8-4-2-5-9-18/h2-16,24H,17H2,1H3. The molecular weight excluding hydrogens is 350 g/mol. The minimum atomic E-state index is -0.497. The summed E-state index contributed by atoms with van der Waals surface area (Å²) in [5.41, 5.74) is 3.66. The molecule has 140 valence electrons. The Balaban J connectivity index is 1.66. The highest BCUT2D eigenvalue weighted by Crippen LogP contribution is 2.34. The van der Waals surface area contributed by atoms with E-state index in [0.717, 1.165) is 28.1 Å². The van der Waals surface area contributed by atoms with Crippen LogP contribution in [-0.2, 0) is 16.1 Å². The van der Waals surface area contributed by atoms with Gasteiger partial charge in [0.05, 0.1) is 13.7 Å². The van der Waals surface area contributed by atoms with Crippen molar-refractivity contribution in [2.24, 2.45) is 0 Å². The number of ether oxygens (including phenoxy) is 2. The van der Waals surface area contributed by atoms with Crippen LogP contribution in [-0.4, -0.2) is 19.2 Å². The normalized spacial score (nSPS) is 16.2. The average Bonchev–Trinajstić information content (AvgIpc) is 3.09. The predicted molar refractivity (Wildman–Crippen MR) is 110 cm³/mol. The molecule has 1 amide bonds. The van der Waals surface area contributed by atoms with E-state index in [1.165, 1.54) is 0 Å². The number of carbonyl (C=O) groups excluding carboxylic acids is 1. The number of hydrogen-bond acceptors (Lipinski definition) is 3. The van der Waals surface area contributed by atoms with Crippen LogP contribution >= 0.6 is 0 Å². The van der Waals surface area contributed by atoms with E-state index in [2.05, 4.69) is 0 Å². The predicted octanol–water partition coefficient (Wildman–Crippen LogP) is 4.67. The SMILES string of the molecule is COc1ccc(N2C(=O)C=C(c3ccccc3)C2OCc2ccccc2)cc1. The second-order valence-corrected chi connectivity index (χ2v) is 6.52. The fourth-order valence-corrected chi connectivity index (χ4v) is 3.30. The minimum absolute atomic E-state index is 0.0953. The third-order valence-corrected chi connectivity index (χ3v) is 4.73. The van der Waals surface area contributed by atoms with E-state index in [-0.39, 0.29) is 5.91 Å². The maximum Gasteiger partial charge on any atom is 0.253 e. The number of nitrogens with zero attached hydrogens (tertiary/aromatic N) is 1. The van der Waals surface area contributed by atoms with Gasteiger partial charge in [0.2, 0.25) is 0 Å². The van der Waals surface area contributed by atoms with E-state index >= 15 is 0 Å². The molecule has 1 heterocycles. The molecular formula is C24H21NO3. The molecule has 0 spiro atoms. The van der Waals surface area contributed by atoms with Crippen molar-refractivity contribution in [1.82, 2.24) is 0 Å². The molecule has 1 atom stereocenters. The van der Waals surface area contributed by atoms with Crippen LogP contribution in [0.4, 0.5) is 5.69 Å². The highest BCUT2D eigenvalue weighted by Gasteiger charge is 2.35. The number of carbonyl (C=O) groups is 1. The third-order valence-electron chi connectivity index (χ3n) is 4.73. The Hall–Kier alpha value is -3.37. The highest BCUT2D eigenvalue weighted by atomic mass is 16.5. The van der Waals surface area contributed by atoms with E-state index in [9.17, 15) is 4.79 Å². The maximum atomic E-state index is 12.9. The van der Waals surface area contributed by atoms with E-state index < -0.39 is 6.23 Å². The van der Waals surface area contributed by atoms with Gasteiger partial charge in [-0.25, -0.2) is 0 Å². The van der Waals surface area contributed by atoms with Crippen LogP contribution in [0.2, 0.25) is 0 Å². The number of hydrogen-bond donors (Lipinski definition) is 0. The fraction of sp³-hybridized carbons (Fsp3) is 0.125. The molecule has 0 N–H and O–H groups in total. The number of rotatable bonds is 6. The van der Waals surface area contributed by atoms with Crippen molar-refractivity contribution in [2.45, 2.75) is 12.8 Å².